The Morgan fingerprint density at radius 3 is 2.59 bits per heavy atom. The summed E-state index contributed by atoms with van der Waals surface area (Å²) in [7, 11) is 4.70. The number of nitrogen functional groups attached to an aromatic ring is 1. The Labute approximate surface area is 173 Å². The smallest absolute Gasteiger partial charge is 0.188 e. The molecule has 29 heavy (non-hydrogen) atoms. The van der Waals surface area contributed by atoms with Crippen LogP contribution in [0.5, 0.6) is 17.2 Å². The molecule has 0 amide bonds. The number of methoxy groups -OCH3 is 3. The third-order valence-corrected chi connectivity index (χ3v) is 6.68. The molecule has 154 valence electrons. The summed E-state index contributed by atoms with van der Waals surface area (Å²) >= 11 is 1.50. The van der Waals surface area contributed by atoms with Gasteiger partial charge in [-0.15, -0.1) is 0 Å². The van der Waals surface area contributed by atoms with Gasteiger partial charge >= 0.3 is 0 Å². The van der Waals surface area contributed by atoms with E-state index in [0.29, 0.717) is 45.8 Å². The summed E-state index contributed by atoms with van der Waals surface area (Å²) in [4.78, 5) is 12.1. The highest BCUT2D eigenvalue weighted by molar-refractivity contribution is 7.18. The maximum atomic E-state index is 8.42. The topological polar surface area (TPSA) is 106 Å². The van der Waals surface area contributed by atoms with Gasteiger partial charge < -0.3 is 24.8 Å². The van der Waals surface area contributed by atoms with Crippen molar-refractivity contribution in [1.29, 1.82) is 5.41 Å². The number of anilines is 2. The lowest BCUT2D eigenvalue weighted by Gasteiger charge is -2.16. The van der Waals surface area contributed by atoms with E-state index in [2.05, 4.69) is 21.8 Å². The Balaban J connectivity index is 1.81. The predicted molar refractivity (Wildman–Crippen MR) is 116 cm³/mol. The van der Waals surface area contributed by atoms with E-state index in [1.165, 1.54) is 17.8 Å². The zero-order chi connectivity index (χ0) is 20.7. The van der Waals surface area contributed by atoms with Gasteiger partial charge in [0.15, 0.2) is 22.5 Å². The zero-order valence-electron chi connectivity index (χ0n) is 17.0. The highest BCUT2D eigenvalue weighted by Crippen LogP contribution is 2.45. The van der Waals surface area contributed by atoms with E-state index in [4.69, 9.17) is 25.4 Å². The van der Waals surface area contributed by atoms with Crippen molar-refractivity contribution in [3.63, 3.8) is 0 Å². The van der Waals surface area contributed by atoms with Crippen molar-refractivity contribution in [2.75, 3.05) is 45.1 Å². The van der Waals surface area contributed by atoms with E-state index >= 15 is 0 Å². The van der Waals surface area contributed by atoms with Crippen LogP contribution in [0.2, 0.25) is 0 Å². The van der Waals surface area contributed by atoms with Gasteiger partial charge in [0, 0.05) is 19.2 Å². The molecule has 2 aromatic rings. The Morgan fingerprint density at radius 1 is 1.21 bits per heavy atom. The summed E-state index contributed by atoms with van der Waals surface area (Å²) in [6.07, 6.45) is 2.33. The molecule has 0 saturated carbocycles. The minimum atomic E-state index is 0.106. The number of nitrogens with zero attached hydrogens (tertiary/aromatic N) is 3. The fourth-order valence-electron chi connectivity index (χ4n) is 3.95. The lowest BCUT2D eigenvalue weighted by molar-refractivity contribution is 0.348. The molecule has 0 aliphatic carbocycles. The molecular formula is C20H25N5O3S. The van der Waals surface area contributed by atoms with Gasteiger partial charge in [-0.3, -0.25) is 5.41 Å². The molecule has 1 fully saturated rings. The molecule has 1 aromatic heterocycles. The molecule has 9 heteroatoms. The number of nitrogens with two attached hydrogens (primary N) is 1. The van der Waals surface area contributed by atoms with Crippen LogP contribution in [0.4, 0.5) is 10.9 Å². The van der Waals surface area contributed by atoms with Crippen molar-refractivity contribution < 1.29 is 14.2 Å². The molecule has 0 spiro atoms. The largest absolute Gasteiger partial charge is 0.496 e. The summed E-state index contributed by atoms with van der Waals surface area (Å²) in [6, 6.07) is 1.71. The number of amidine groups is 1. The molecule has 3 N–H and O–H groups in total. The minimum Gasteiger partial charge on any atom is -0.496 e. The molecule has 3 heterocycles. The molecule has 0 bridgehead atoms. The zero-order valence-corrected chi connectivity index (χ0v) is 17.9. The fourth-order valence-corrected chi connectivity index (χ4v) is 4.96. The summed E-state index contributed by atoms with van der Waals surface area (Å²) in [5.41, 5.74) is 8.11. The molecule has 2 aliphatic rings. The van der Waals surface area contributed by atoms with E-state index in [9.17, 15) is 0 Å². The van der Waals surface area contributed by atoms with Crippen molar-refractivity contribution in [3.8, 4) is 17.2 Å². The first-order valence-electron chi connectivity index (χ1n) is 9.54. The van der Waals surface area contributed by atoms with E-state index < -0.39 is 0 Å². The van der Waals surface area contributed by atoms with E-state index in [-0.39, 0.29) is 5.84 Å². The van der Waals surface area contributed by atoms with Gasteiger partial charge in [0.25, 0.3) is 0 Å². The second-order valence-corrected chi connectivity index (χ2v) is 8.07. The van der Waals surface area contributed by atoms with Crippen LogP contribution in [0.3, 0.4) is 0 Å². The number of aromatic nitrogens is 1. The highest BCUT2D eigenvalue weighted by atomic mass is 32.1. The number of aliphatic imine (C=N–C) groups is 1. The van der Waals surface area contributed by atoms with Crippen LogP contribution in [0.1, 0.15) is 35.8 Å². The molecule has 2 aliphatic heterocycles. The molecular weight excluding hydrogens is 390 g/mol. The summed E-state index contributed by atoms with van der Waals surface area (Å²) in [5.74, 6) is 2.73. The molecule has 1 unspecified atom stereocenters. The Bertz CT molecular complexity index is 1000. The van der Waals surface area contributed by atoms with E-state index in [1.54, 1.807) is 27.4 Å². The van der Waals surface area contributed by atoms with E-state index in [1.807, 2.05) is 0 Å². The van der Waals surface area contributed by atoms with Gasteiger partial charge in [-0.2, -0.15) is 0 Å². The van der Waals surface area contributed by atoms with Crippen LogP contribution in [-0.2, 0) is 0 Å². The SMILES string of the molecule is CCC1CCN(c2nc(N)c(C3=NC(=N)c4c(OC)cc(OC)c(OC)c43)s2)C1. The lowest BCUT2D eigenvalue weighted by Crippen LogP contribution is -2.19. The molecule has 8 nitrogen and oxygen atoms in total. The van der Waals surface area contributed by atoms with Crippen molar-refractivity contribution >= 4 is 33.8 Å². The van der Waals surface area contributed by atoms with Gasteiger partial charge in [0.1, 0.15) is 11.6 Å². The lowest BCUT2D eigenvalue weighted by atomic mass is 10.0. The van der Waals surface area contributed by atoms with Gasteiger partial charge in [0.05, 0.1) is 43.0 Å². The Hall–Kier alpha value is -2.81. The van der Waals surface area contributed by atoms with Crippen LogP contribution >= 0.6 is 11.3 Å². The second kappa shape index (κ2) is 7.55. The first kappa shape index (κ1) is 19.5. The predicted octanol–water partition coefficient (Wildman–Crippen LogP) is 3.16. The summed E-state index contributed by atoms with van der Waals surface area (Å²) in [5, 5.41) is 9.31. The average Bonchev–Trinajstić information content (AvgIpc) is 3.44. The average molecular weight is 416 g/mol. The molecule has 1 aromatic carbocycles. The normalized spacial score (nSPS) is 18.1. The Kier molecular flexibility index (Phi) is 5.08. The van der Waals surface area contributed by atoms with Crippen molar-refractivity contribution in [1.82, 2.24) is 4.98 Å². The monoisotopic (exact) mass is 415 g/mol. The van der Waals surface area contributed by atoms with Crippen LogP contribution in [0.15, 0.2) is 11.1 Å². The van der Waals surface area contributed by atoms with Gasteiger partial charge in [-0.25, -0.2) is 9.98 Å². The number of hydrogen-bond donors (Lipinski definition) is 2. The van der Waals surface area contributed by atoms with Crippen LogP contribution in [0.25, 0.3) is 0 Å². The molecule has 0 radical (unpaired) electrons. The number of nitrogens with one attached hydrogen (secondary N) is 1. The molecule has 1 saturated heterocycles. The van der Waals surface area contributed by atoms with Crippen molar-refractivity contribution in [2.45, 2.75) is 19.8 Å². The van der Waals surface area contributed by atoms with Gasteiger partial charge in [0.2, 0.25) is 0 Å². The van der Waals surface area contributed by atoms with Crippen molar-refractivity contribution in [3.05, 3.63) is 22.1 Å². The standard InChI is InChI=1S/C20H25N5O3S/c1-5-10-6-7-25(9-10)20-24-19(22)17(29-20)15-14-13(18(21)23-15)11(26-2)8-12(27-3)16(14)28-4/h8,10,21H,5-7,9,22H2,1-4H3. The Morgan fingerprint density at radius 2 is 1.97 bits per heavy atom. The number of benzene rings is 1. The maximum Gasteiger partial charge on any atom is 0.188 e. The first-order chi connectivity index (χ1) is 14.0. The highest BCUT2D eigenvalue weighted by Gasteiger charge is 2.35. The molecule has 4 rings (SSSR count). The van der Waals surface area contributed by atoms with Crippen LogP contribution in [-0.4, -0.2) is 51.0 Å². The van der Waals surface area contributed by atoms with Crippen LogP contribution < -0.4 is 24.8 Å². The fraction of sp³-hybridized carbons (Fsp3) is 0.450. The first-order valence-corrected chi connectivity index (χ1v) is 10.4. The van der Waals surface area contributed by atoms with Crippen molar-refractivity contribution in [2.24, 2.45) is 10.9 Å². The minimum absolute atomic E-state index is 0.106. The van der Waals surface area contributed by atoms with Gasteiger partial charge in [-0.1, -0.05) is 24.7 Å². The number of hydrogen-bond acceptors (Lipinski definition) is 8. The third-order valence-electron chi connectivity index (χ3n) is 5.54. The quantitative estimate of drug-likeness (QED) is 0.751. The number of ether oxygens (including phenoxy) is 3. The third kappa shape index (κ3) is 3.09. The van der Waals surface area contributed by atoms with E-state index in [0.717, 1.165) is 29.5 Å². The summed E-state index contributed by atoms with van der Waals surface area (Å²) in [6.45, 7) is 4.19. The molecule has 1 atom stereocenters. The summed E-state index contributed by atoms with van der Waals surface area (Å²) < 4.78 is 16.6. The van der Waals surface area contributed by atoms with Gasteiger partial charge in [-0.05, 0) is 12.3 Å². The maximum absolute atomic E-state index is 8.42. The van der Waals surface area contributed by atoms with Crippen LogP contribution in [0, 0.1) is 11.3 Å². The second-order valence-electron chi connectivity index (χ2n) is 7.09. The number of fused-ring (bicyclic) bond motifs is 1. The number of thiazole rings is 1. The number of rotatable bonds is 6.